The van der Waals surface area contributed by atoms with Gasteiger partial charge >= 0.3 is 11.9 Å². The Morgan fingerprint density at radius 2 is 1.75 bits per heavy atom. The van der Waals surface area contributed by atoms with Gasteiger partial charge in [0.15, 0.2) is 0 Å². The first-order chi connectivity index (χ1) is 7.25. The summed E-state index contributed by atoms with van der Waals surface area (Å²) in [6.07, 6.45) is -0.886. The molecule has 0 aromatic rings. The van der Waals surface area contributed by atoms with Crippen LogP contribution in [0, 0.1) is 5.92 Å². The first-order valence-electron chi connectivity index (χ1n) is 4.13. The molecule has 0 saturated carbocycles. The molecule has 1 radical (unpaired) electrons. The number of aliphatic carboxylic acids is 2. The van der Waals surface area contributed by atoms with Crippen molar-refractivity contribution in [1.29, 1.82) is 0 Å². The molecule has 0 heterocycles. The number of carbonyl (C=O) groups excluding carboxylic acids is 2. The van der Waals surface area contributed by atoms with E-state index >= 15 is 0 Å². The molecular formula is C8H11N2O6. The quantitative estimate of drug-likeness (QED) is 0.420. The summed E-state index contributed by atoms with van der Waals surface area (Å²) >= 11 is 0. The number of amides is 2. The van der Waals surface area contributed by atoms with E-state index < -0.39 is 42.1 Å². The van der Waals surface area contributed by atoms with E-state index in [-0.39, 0.29) is 0 Å². The highest BCUT2D eigenvalue weighted by atomic mass is 16.4. The van der Waals surface area contributed by atoms with Crippen LogP contribution in [-0.4, -0.2) is 40.0 Å². The highest BCUT2D eigenvalue weighted by molar-refractivity contribution is 5.99. The number of carbonyl (C=O) groups is 4. The van der Waals surface area contributed by atoms with Crippen LogP contribution >= 0.6 is 0 Å². The van der Waals surface area contributed by atoms with E-state index in [0.717, 1.165) is 6.92 Å². The van der Waals surface area contributed by atoms with Gasteiger partial charge < -0.3 is 21.3 Å². The Morgan fingerprint density at radius 1 is 1.25 bits per heavy atom. The van der Waals surface area contributed by atoms with Crippen LogP contribution in [0.5, 0.6) is 0 Å². The number of hydrogen-bond donors (Lipinski definition) is 4. The zero-order chi connectivity index (χ0) is 12.9. The van der Waals surface area contributed by atoms with Crippen LogP contribution in [-0.2, 0) is 19.2 Å². The van der Waals surface area contributed by atoms with E-state index in [4.69, 9.17) is 15.9 Å². The summed E-state index contributed by atoms with van der Waals surface area (Å²) < 4.78 is 0. The molecule has 1 unspecified atom stereocenters. The Labute approximate surface area is 90.4 Å². The van der Waals surface area contributed by atoms with Crippen molar-refractivity contribution in [2.45, 2.75) is 19.4 Å². The number of rotatable bonds is 6. The van der Waals surface area contributed by atoms with Crippen LogP contribution in [0.3, 0.4) is 0 Å². The van der Waals surface area contributed by atoms with Crippen LogP contribution in [0.2, 0.25) is 0 Å². The van der Waals surface area contributed by atoms with Gasteiger partial charge in [-0.05, 0) is 0 Å². The molecule has 0 aromatic heterocycles. The van der Waals surface area contributed by atoms with E-state index in [1.165, 1.54) is 0 Å². The zero-order valence-corrected chi connectivity index (χ0v) is 8.39. The van der Waals surface area contributed by atoms with Gasteiger partial charge in [0, 0.05) is 6.92 Å². The molecule has 8 heteroatoms. The summed E-state index contributed by atoms with van der Waals surface area (Å²) in [6.45, 7) is 1.05. The second kappa shape index (κ2) is 5.69. The number of carboxylic acids is 2. The molecule has 0 fully saturated rings. The van der Waals surface area contributed by atoms with Crippen molar-refractivity contribution in [2.24, 2.45) is 5.73 Å². The second-order valence-corrected chi connectivity index (χ2v) is 2.94. The molecule has 1 atom stereocenters. The summed E-state index contributed by atoms with van der Waals surface area (Å²) in [6, 6.07) is -1.62. The standard InChI is InChI=1S/C8H11N2O6/c1-3(11)10-6(7(9)14)4(8(15)16)2-5(12)13/h6H,2H2,1H3,(H2,9,14)(H,10,11)(H,12,13)(H,15,16). The smallest absolute Gasteiger partial charge is 0.314 e. The first-order valence-corrected chi connectivity index (χ1v) is 4.13. The van der Waals surface area contributed by atoms with Gasteiger partial charge in [-0.3, -0.25) is 19.2 Å². The molecule has 0 aromatic carbocycles. The number of nitrogens with one attached hydrogen (secondary N) is 1. The summed E-state index contributed by atoms with van der Waals surface area (Å²) in [5.74, 6) is -5.54. The Kier molecular flexibility index (Phi) is 4.93. The van der Waals surface area contributed by atoms with Crippen molar-refractivity contribution in [2.75, 3.05) is 0 Å². The average molecular weight is 231 g/mol. The molecule has 5 N–H and O–H groups in total. The second-order valence-electron chi connectivity index (χ2n) is 2.94. The van der Waals surface area contributed by atoms with Gasteiger partial charge in [-0.15, -0.1) is 0 Å². The molecule has 0 aliphatic carbocycles. The lowest BCUT2D eigenvalue weighted by molar-refractivity contribution is -0.143. The largest absolute Gasteiger partial charge is 0.481 e. The summed E-state index contributed by atoms with van der Waals surface area (Å²) in [5.41, 5.74) is 4.87. The van der Waals surface area contributed by atoms with Gasteiger partial charge in [-0.2, -0.15) is 0 Å². The Morgan fingerprint density at radius 3 is 2.00 bits per heavy atom. The van der Waals surface area contributed by atoms with Crippen LogP contribution in [0.1, 0.15) is 13.3 Å². The molecule has 16 heavy (non-hydrogen) atoms. The van der Waals surface area contributed by atoms with Crippen molar-refractivity contribution in [3.05, 3.63) is 5.92 Å². The number of nitrogens with two attached hydrogens (primary N) is 1. The third-order valence-electron chi connectivity index (χ3n) is 1.60. The number of primary amides is 1. The average Bonchev–Trinajstić information content (AvgIpc) is 2.09. The molecule has 89 valence electrons. The van der Waals surface area contributed by atoms with Crippen molar-refractivity contribution >= 4 is 23.8 Å². The lowest BCUT2D eigenvalue weighted by atomic mass is 9.95. The molecule has 0 aliphatic rings. The minimum absolute atomic E-state index is 0.685. The van der Waals surface area contributed by atoms with Crippen molar-refractivity contribution in [3.63, 3.8) is 0 Å². The Bertz CT molecular complexity index is 294. The fraction of sp³-hybridized carbons (Fsp3) is 0.375. The molecule has 8 nitrogen and oxygen atoms in total. The third-order valence-corrected chi connectivity index (χ3v) is 1.60. The molecule has 0 aliphatic heterocycles. The van der Waals surface area contributed by atoms with Gasteiger partial charge in [0.25, 0.3) is 0 Å². The van der Waals surface area contributed by atoms with Gasteiger partial charge in [0.05, 0.1) is 6.42 Å². The Hall–Kier alpha value is -2.12. The minimum atomic E-state index is -1.62. The molecular weight excluding hydrogens is 220 g/mol. The first kappa shape index (κ1) is 13.9. The van der Waals surface area contributed by atoms with Crippen molar-refractivity contribution in [1.82, 2.24) is 5.32 Å². The highest BCUT2D eigenvalue weighted by Crippen LogP contribution is 2.12. The summed E-state index contributed by atoms with van der Waals surface area (Å²) in [4.78, 5) is 42.7. The van der Waals surface area contributed by atoms with Crippen molar-refractivity contribution < 1.29 is 29.4 Å². The van der Waals surface area contributed by atoms with Crippen LogP contribution in [0.15, 0.2) is 0 Å². The maximum atomic E-state index is 10.9. The van der Waals surface area contributed by atoms with Crippen molar-refractivity contribution in [3.8, 4) is 0 Å². The van der Waals surface area contributed by atoms with E-state index in [0.29, 0.717) is 0 Å². The SMILES string of the molecule is CC(=O)NC([C](CC(=O)O)C(=O)O)C(N)=O. The summed E-state index contributed by atoms with van der Waals surface area (Å²) in [7, 11) is 0. The normalized spacial score (nSPS) is 11.9. The van der Waals surface area contributed by atoms with Crippen LogP contribution in [0.4, 0.5) is 0 Å². The lowest BCUT2D eigenvalue weighted by Gasteiger charge is -2.19. The van der Waals surface area contributed by atoms with Crippen LogP contribution < -0.4 is 11.1 Å². The maximum Gasteiger partial charge on any atom is 0.314 e. The Balaban J connectivity index is 4.93. The lowest BCUT2D eigenvalue weighted by Crippen LogP contribution is -2.50. The molecule has 0 saturated heterocycles. The molecule has 2 amide bonds. The fourth-order valence-corrected chi connectivity index (χ4v) is 0.997. The predicted octanol–water partition coefficient (Wildman–Crippen LogP) is -1.89. The number of carboxylic acid groups (broad SMARTS) is 2. The molecule has 0 spiro atoms. The molecule has 0 bridgehead atoms. The fourth-order valence-electron chi connectivity index (χ4n) is 0.997. The number of hydrogen-bond acceptors (Lipinski definition) is 4. The topological polar surface area (TPSA) is 147 Å². The van der Waals surface area contributed by atoms with E-state index in [1.54, 1.807) is 0 Å². The van der Waals surface area contributed by atoms with E-state index in [2.05, 4.69) is 0 Å². The van der Waals surface area contributed by atoms with Crippen LogP contribution in [0.25, 0.3) is 0 Å². The van der Waals surface area contributed by atoms with Gasteiger partial charge in [-0.1, -0.05) is 0 Å². The third kappa shape index (κ3) is 4.40. The highest BCUT2D eigenvalue weighted by Gasteiger charge is 2.35. The monoisotopic (exact) mass is 231 g/mol. The minimum Gasteiger partial charge on any atom is -0.481 e. The van der Waals surface area contributed by atoms with Gasteiger partial charge in [0.2, 0.25) is 11.8 Å². The molecule has 0 rings (SSSR count). The summed E-state index contributed by atoms with van der Waals surface area (Å²) in [5, 5.41) is 19.1. The van der Waals surface area contributed by atoms with E-state index in [9.17, 15) is 19.2 Å². The maximum absolute atomic E-state index is 10.9. The van der Waals surface area contributed by atoms with E-state index in [1.807, 2.05) is 5.32 Å². The predicted molar refractivity (Wildman–Crippen MR) is 49.9 cm³/mol. The van der Waals surface area contributed by atoms with Gasteiger partial charge in [-0.25, -0.2) is 0 Å². The zero-order valence-electron chi connectivity index (χ0n) is 8.39. The van der Waals surface area contributed by atoms with Gasteiger partial charge in [0.1, 0.15) is 12.0 Å².